The zero-order valence-corrected chi connectivity index (χ0v) is 30.7. The number of carbonyl (C=O) groups excluding carboxylic acids is 2. The van der Waals surface area contributed by atoms with E-state index in [0.717, 1.165) is 93.1 Å². The minimum absolute atomic E-state index is 0.137. The lowest BCUT2D eigenvalue weighted by molar-refractivity contribution is 0.0208. The van der Waals surface area contributed by atoms with Crippen LogP contribution < -0.4 is 4.74 Å². The summed E-state index contributed by atoms with van der Waals surface area (Å²) in [5.74, 6) is 2.42. The number of H-pyrrole nitrogens is 2. The van der Waals surface area contributed by atoms with Crippen LogP contribution >= 0.6 is 0 Å². The zero-order valence-electron chi connectivity index (χ0n) is 30.7. The van der Waals surface area contributed by atoms with Crippen molar-refractivity contribution in [3.05, 3.63) is 78.1 Å². The molecule has 2 unspecified atom stereocenters. The topological polar surface area (TPSA) is 126 Å². The van der Waals surface area contributed by atoms with Gasteiger partial charge in [0, 0.05) is 29.6 Å². The number of nitrogens with zero attached hydrogens (tertiary/aromatic N) is 4. The summed E-state index contributed by atoms with van der Waals surface area (Å²) < 4.78 is 17.8. The number of hydrogen-bond donors (Lipinski definition) is 2. The molecule has 0 radical (unpaired) electrons. The smallest absolute Gasteiger partial charge is 0.410 e. The molecular weight excluding hydrogens is 656 g/mol. The van der Waals surface area contributed by atoms with Gasteiger partial charge in [-0.05, 0) is 108 Å². The van der Waals surface area contributed by atoms with E-state index in [1.807, 2.05) is 53.9 Å². The molecular formula is C41H46N6O5. The molecule has 3 aliphatic heterocycles. The molecule has 270 valence electrons. The highest BCUT2D eigenvalue weighted by Gasteiger charge is 2.36. The number of carbonyl (C=O) groups is 2. The van der Waals surface area contributed by atoms with Crippen LogP contribution in [0.2, 0.25) is 0 Å². The van der Waals surface area contributed by atoms with Crippen LogP contribution in [0.1, 0.15) is 96.5 Å². The highest BCUT2D eigenvalue weighted by atomic mass is 16.6. The molecule has 2 amide bonds. The van der Waals surface area contributed by atoms with Crippen LogP contribution in [0.4, 0.5) is 9.59 Å². The molecule has 11 heteroatoms. The quantitative estimate of drug-likeness (QED) is 0.191. The Morgan fingerprint density at radius 2 is 1.27 bits per heavy atom. The van der Waals surface area contributed by atoms with Gasteiger partial charge in [-0.1, -0.05) is 30.3 Å². The first-order valence-corrected chi connectivity index (χ1v) is 18.2. The molecule has 5 aromatic rings. The highest BCUT2D eigenvalue weighted by Crippen LogP contribution is 2.44. The van der Waals surface area contributed by atoms with E-state index in [9.17, 15) is 9.59 Å². The Labute approximate surface area is 303 Å². The standard InChI is InChI=1S/C41H46N6O5/c1-40(2,3)51-38(48)46-17-7-9-33(46)36-42-21-31(44-36)25-13-15-29-24(19-25)11-16-30-28-14-12-26(20-27(28)23-50-35(29)30)32-22-43-37(45-32)34-10-8-18-47(34)39(49)52-41(4,5)6/h11-16,19-22,33-34H,7-10,17-18,23H2,1-6H3,(H,42,44)(H,43,45). The van der Waals surface area contributed by atoms with Crippen molar-refractivity contribution < 1.29 is 23.8 Å². The van der Waals surface area contributed by atoms with Crippen LogP contribution in [0.3, 0.4) is 0 Å². The van der Waals surface area contributed by atoms with E-state index >= 15 is 0 Å². The summed E-state index contributed by atoms with van der Waals surface area (Å²) in [6.07, 6.45) is 6.59. The van der Waals surface area contributed by atoms with Crippen LogP contribution in [-0.4, -0.2) is 66.2 Å². The molecule has 2 fully saturated rings. The van der Waals surface area contributed by atoms with Crippen molar-refractivity contribution in [3.63, 3.8) is 0 Å². The fourth-order valence-electron chi connectivity index (χ4n) is 7.62. The number of amides is 2. The number of rotatable bonds is 4. The van der Waals surface area contributed by atoms with Crippen LogP contribution in [0.5, 0.6) is 5.75 Å². The number of ether oxygens (including phenoxy) is 3. The average molecular weight is 703 g/mol. The van der Waals surface area contributed by atoms with E-state index in [0.29, 0.717) is 19.7 Å². The summed E-state index contributed by atoms with van der Waals surface area (Å²) in [5.41, 5.74) is 6.04. The van der Waals surface area contributed by atoms with E-state index in [-0.39, 0.29) is 24.3 Å². The lowest BCUT2D eigenvalue weighted by atomic mass is 9.92. The Kier molecular flexibility index (Phi) is 8.27. The third-order valence-corrected chi connectivity index (χ3v) is 9.94. The van der Waals surface area contributed by atoms with Gasteiger partial charge in [0.25, 0.3) is 0 Å². The molecule has 0 bridgehead atoms. The molecule has 0 spiro atoms. The molecule has 0 saturated carbocycles. The predicted molar refractivity (Wildman–Crippen MR) is 199 cm³/mol. The van der Waals surface area contributed by atoms with E-state index in [4.69, 9.17) is 24.2 Å². The second kappa shape index (κ2) is 12.7. The number of aromatic amines is 2. The van der Waals surface area contributed by atoms with Gasteiger partial charge in [0.05, 0.1) is 35.9 Å². The zero-order chi connectivity index (χ0) is 36.4. The van der Waals surface area contributed by atoms with Gasteiger partial charge in [0.2, 0.25) is 0 Å². The van der Waals surface area contributed by atoms with Gasteiger partial charge in [0.15, 0.2) is 0 Å². The molecule has 3 aromatic carbocycles. The van der Waals surface area contributed by atoms with E-state index in [1.165, 1.54) is 0 Å². The van der Waals surface area contributed by atoms with E-state index in [1.54, 1.807) is 9.80 Å². The normalized spacial score (nSPS) is 18.7. The van der Waals surface area contributed by atoms with Crippen molar-refractivity contribution in [2.75, 3.05) is 13.1 Å². The molecule has 5 heterocycles. The van der Waals surface area contributed by atoms with Crippen molar-refractivity contribution in [1.29, 1.82) is 0 Å². The predicted octanol–water partition coefficient (Wildman–Crippen LogP) is 9.32. The summed E-state index contributed by atoms with van der Waals surface area (Å²) in [6, 6.07) is 16.8. The molecule has 2 atom stereocenters. The van der Waals surface area contributed by atoms with Gasteiger partial charge in [-0.3, -0.25) is 9.80 Å². The summed E-state index contributed by atoms with van der Waals surface area (Å²) in [6.45, 7) is 13.1. The van der Waals surface area contributed by atoms with Crippen LogP contribution in [0, 0.1) is 0 Å². The Bertz CT molecular complexity index is 2170. The molecule has 3 aliphatic rings. The molecule has 2 aromatic heterocycles. The number of nitrogens with one attached hydrogen (secondary N) is 2. The summed E-state index contributed by atoms with van der Waals surface area (Å²) in [5, 5.41) is 2.12. The summed E-state index contributed by atoms with van der Waals surface area (Å²) in [7, 11) is 0. The number of likely N-dealkylation sites (tertiary alicyclic amines) is 2. The second-order valence-corrected chi connectivity index (χ2v) is 16.1. The molecule has 2 saturated heterocycles. The molecule has 11 nitrogen and oxygen atoms in total. The SMILES string of the molecule is CC(C)(C)OC(=O)N1CCCC1c1ncc(-c2ccc3c(c2)COc2c-3ccc3cc(-c4cnc(C5CCCN5C(=O)OC(C)(C)C)[nH]4)ccc23)[nH]1. The van der Waals surface area contributed by atoms with E-state index in [2.05, 4.69) is 58.5 Å². The van der Waals surface area contributed by atoms with Crippen LogP contribution in [-0.2, 0) is 16.1 Å². The average Bonchev–Trinajstić information content (AvgIpc) is 3.92. The lowest BCUT2D eigenvalue weighted by Crippen LogP contribution is -2.36. The number of imidazole rings is 2. The third kappa shape index (κ3) is 6.48. The third-order valence-electron chi connectivity index (χ3n) is 9.94. The second-order valence-electron chi connectivity index (χ2n) is 16.1. The van der Waals surface area contributed by atoms with Crippen molar-refractivity contribution in [1.82, 2.24) is 29.7 Å². The first kappa shape index (κ1) is 33.8. The summed E-state index contributed by atoms with van der Waals surface area (Å²) in [4.78, 5) is 45.7. The van der Waals surface area contributed by atoms with Crippen molar-refractivity contribution in [2.45, 2.75) is 97.1 Å². The fourth-order valence-corrected chi connectivity index (χ4v) is 7.62. The maximum atomic E-state index is 12.9. The van der Waals surface area contributed by atoms with Crippen molar-refractivity contribution in [3.8, 4) is 39.4 Å². The number of benzene rings is 3. The number of hydrogen-bond acceptors (Lipinski definition) is 7. The van der Waals surface area contributed by atoms with Crippen LogP contribution in [0.15, 0.2) is 60.9 Å². The molecule has 8 rings (SSSR count). The molecule has 0 aliphatic carbocycles. The Morgan fingerprint density at radius 1 is 0.731 bits per heavy atom. The fraction of sp³-hybridized carbons (Fsp3) is 0.415. The number of aromatic nitrogens is 4. The maximum absolute atomic E-state index is 12.9. The first-order valence-electron chi connectivity index (χ1n) is 18.2. The van der Waals surface area contributed by atoms with Gasteiger partial charge in [-0.25, -0.2) is 19.6 Å². The number of fused-ring (bicyclic) bond motifs is 5. The van der Waals surface area contributed by atoms with E-state index < -0.39 is 11.2 Å². The van der Waals surface area contributed by atoms with Crippen LogP contribution in [0.25, 0.3) is 44.4 Å². The van der Waals surface area contributed by atoms with Gasteiger partial charge in [0.1, 0.15) is 35.2 Å². The Balaban J connectivity index is 1.01. The highest BCUT2D eigenvalue weighted by molar-refractivity contribution is 5.98. The Hall–Kier alpha value is -5.32. The minimum Gasteiger partial charge on any atom is -0.488 e. The van der Waals surface area contributed by atoms with Crippen molar-refractivity contribution >= 4 is 23.0 Å². The minimum atomic E-state index is -0.549. The van der Waals surface area contributed by atoms with Gasteiger partial charge < -0.3 is 24.2 Å². The summed E-state index contributed by atoms with van der Waals surface area (Å²) >= 11 is 0. The molecule has 52 heavy (non-hydrogen) atoms. The van der Waals surface area contributed by atoms with Gasteiger partial charge >= 0.3 is 12.2 Å². The largest absolute Gasteiger partial charge is 0.488 e. The van der Waals surface area contributed by atoms with Gasteiger partial charge in [-0.2, -0.15) is 0 Å². The maximum Gasteiger partial charge on any atom is 0.410 e. The lowest BCUT2D eigenvalue weighted by Gasteiger charge is -2.27. The van der Waals surface area contributed by atoms with Gasteiger partial charge in [-0.15, -0.1) is 0 Å². The van der Waals surface area contributed by atoms with Crippen molar-refractivity contribution in [2.24, 2.45) is 0 Å². The molecule has 2 N–H and O–H groups in total. The Morgan fingerprint density at radius 3 is 1.85 bits per heavy atom. The first-order chi connectivity index (χ1) is 24.8. The monoisotopic (exact) mass is 702 g/mol.